The summed E-state index contributed by atoms with van der Waals surface area (Å²) in [4.78, 5) is 33.2. The number of Topliss-reactive ketones (excluding diaryl/α,β-unsaturated/α-hetero) is 2. The molecule has 0 bridgehead atoms. The topological polar surface area (TPSA) is 93.2 Å². The van der Waals surface area contributed by atoms with Crippen LogP contribution >= 0.6 is 0 Å². The number of para-hydroxylation sites is 2. The maximum Gasteiger partial charge on any atom is 0.173 e. The van der Waals surface area contributed by atoms with Gasteiger partial charge in [-0.3, -0.25) is 19.3 Å². The third-order valence-electron chi connectivity index (χ3n) is 7.32. The Balaban J connectivity index is 1.51. The Morgan fingerprint density at radius 2 is 1.64 bits per heavy atom. The van der Waals surface area contributed by atoms with Crippen molar-refractivity contribution in [1.82, 2.24) is 24.2 Å². The second-order valence-electron chi connectivity index (χ2n) is 9.88. The molecule has 2 aromatic carbocycles. The molecule has 6 rings (SSSR count). The van der Waals surface area contributed by atoms with Gasteiger partial charge in [-0.05, 0) is 44.3 Å². The molecule has 0 fully saturated rings. The van der Waals surface area contributed by atoms with E-state index in [1.165, 1.54) is 0 Å². The predicted octanol–water partition coefficient (Wildman–Crippen LogP) is 4.14. The summed E-state index contributed by atoms with van der Waals surface area (Å²) in [6.07, 6.45) is 6.11. The lowest BCUT2D eigenvalue weighted by molar-refractivity contribution is -0.119. The van der Waals surface area contributed by atoms with Crippen LogP contribution in [0.25, 0.3) is 38.6 Å². The number of aliphatic hydroxyl groups is 1. The molecule has 1 aliphatic rings. The maximum absolute atomic E-state index is 13.4. The van der Waals surface area contributed by atoms with Crippen LogP contribution in [0.3, 0.4) is 0 Å². The van der Waals surface area contributed by atoms with Gasteiger partial charge in [0.2, 0.25) is 0 Å². The quantitative estimate of drug-likeness (QED) is 0.294. The van der Waals surface area contributed by atoms with E-state index in [2.05, 4.69) is 9.88 Å². The zero-order chi connectivity index (χ0) is 26.9. The van der Waals surface area contributed by atoms with E-state index in [9.17, 15) is 14.7 Å². The number of fused-ring (bicyclic) bond motifs is 2. The van der Waals surface area contributed by atoms with Crippen LogP contribution in [0.2, 0.25) is 0 Å². The largest absolute Gasteiger partial charge is 0.395 e. The molecule has 0 radical (unpaired) electrons. The predicted molar refractivity (Wildman–Crippen MR) is 151 cm³/mol. The van der Waals surface area contributed by atoms with E-state index in [4.69, 9.17) is 5.10 Å². The van der Waals surface area contributed by atoms with Crippen LogP contribution in [0.1, 0.15) is 24.1 Å². The van der Waals surface area contributed by atoms with Crippen LogP contribution in [0, 0.1) is 0 Å². The molecule has 3 heterocycles. The second-order valence-corrected chi connectivity index (χ2v) is 9.88. The molecule has 3 aromatic heterocycles. The Kier molecular flexibility index (Phi) is 6.64. The molecule has 1 N–H and O–H groups in total. The SMILES string of the molecule is CN(CCO)CCCn1nc(C2=C(c3cn(-c4cccnc4)c4ccccc34)C(=O)CC2=O)c2ccccc21. The number of allylic oxidation sites excluding steroid dienone is 2. The summed E-state index contributed by atoms with van der Waals surface area (Å²) in [7, 11) is 1.98. The minimum atomic E-state index is -0.203. The summed E-state index contributed by atoms with van der Waals surface area (Å²) in [6, 6.07) is 19.6. The minimum absolute atomic E-state index is 0.121. The van der Waals surface area contributed by atoms with Gasteiger partial charge in [-0.15, -0.1) is 0 Å². The third kappa shape index (κ3) is 4.47. The van der Waals surface area contributed by atoms with Crippen LogP contribution < -0.4 is 0 Å². The smallest absolute Gasteiger partial charge is 0.173 e. The van der Waals surface area contributed by atoms with Crippen LogP contribution in [0.5, 0.6) is 0 Å². The Hall–Kier alpha value is -4.40. The number of rotatable bonds is 9. The first-order valence-electron chi connectivity index (χ1n) is 13.1. The fourth-order valence-corrected chi connectivity index (χ4v) is 5.48. The number of carbonyl (C=O) groups excluding carboxylic acids is 2. The highest BCUT2D eigenvalue weighted by Gasteiger charge is 2.36. The molecular formula is C31H29N5O3. The third-order valence-corrected chi connectivity index (χ3v) is 7.32. The van der Waals surface area contributed by atoms with Crippen molar-refractivity contribution < 1.29 is 14.7 Å². The van der Waals surface area contributed by atoms with E-state index >= 15 is 0 Å². The molecule has 0 amide bonds. The van der Waals surface area contributed by atoms with Gasteiger partial charge in [0.15, 0.2) is 11.6 Å². The molecule has 196 valence electrons. The Morgan fingerprint density at radius 1 is 0.897 bits per heavy atom. The Labute approximate surface area is 225 Å². The number of hydrogen-bond donors (Lipinski definition) is 1. The average molecular weight is 520 g/mol. The lowest BCUT2D eigenvalue weighted by atomic mass is 9.97. The van der Waals surface area contributed by atoms with E-state index < -0.39 is 0 Å². The molecule has 39 heavy (non-hydrogen) atoms. The first-order chi connectivity index (χ1) is 19.1. The molecule has 8 heteroatoms. The fraction of sp³-hybridized carbons (Fsp3) is 0.226. The number of aromatic nitrogens is 4. The molecule has 0 saturated carbocycles. The molecule has 0 atom stereocenters. The van der Waals surface area contributed by atoms with Gasteiger partial charge in [0, 0.05) is 47.4 Å². The number of aliphatic hydroxyl groups excluding tert-OH is 1. The normalized spacial score (nSPS) is 14.0. The van der Waals surface area contributed by atoms with E-state index in [0.29, 0.717) is 29.9 Å². The van der Waals surface area contributed by atoms with Crippen molar-refractivity contribution in [3.05, 3.63) is 90.5 Å². The maximum atomic E-state index is 13.4. The van der Waals surface area contributed by atoms with Crippen molar-refractivity contribution >= 4 is 44.5 Å². The zero-order valence-electron chi connectivity index (χ0n) is 21.7. The molecule has 0 spiro atoms. The summed E-state index contributed by atoms with van der Waals surface area (Å²) in [6.45, 7) is 2.20. The molecular weight excluding hydrogens is 490 g/mol. The Bertz CT molecular complexity index is 1730. The monoisotopic (exact) mass is 519 g/mol. The van der Waals surface area contributed by atoms with Crippen molar-refractivity contribution in [3.63, 3.8) is 0 Å². The van der Waals surface area contributed by atoms with Crippen LogP contribution in [-0.4, -0.2) is 67.6 Å². The standard InChI is InChI=1S/C31H29N5O3/c1-34(16-17-37)14-7-15-36-26-12-5-3-10-23(26)31(33-36)30-28(39)18-27(38)29(30)24-20-35(21-8-6-13-32-19-21)25-11-4-2-9-22(24)25/h2-6,8-13,19-20,37H,7,14-18H2,1H3. The summed E-state index contributed by atoms with van der Waals surface area (Å²) in [5.41, 5.74) is 4.83. The summed E-state index contributed by atoms with van der Waals surface area (Å²) >= 11 is 0. The number of carbonyl (C=O) groups is 2. The number of likely N-dealkylation sites (N-methyl/N-ethyl adjacent to an activating group) is 1. The number of hydrogen-bond acceptors (Lipinski definition) is 6. The number of aryl methyl sites for hydroxylation is 1. The van der Waals surface area contributed by atoms with Gasteiger partial charge in [0.25, 0.3) is 0 Å². The van der Waals surface area contributed by atoms with Gasteiger partial charge in [-0.1, -0.05) is 36.4 Å². The van der Waals surface area contributed by atoms with Crippen molar-refractivity contribution in [2.45, 2.75) is 19.4 Å². The highest BCUT2D eigenvalue weighted by atomic mass is 16.3. The molecule has 8 nitrogen and oxygen atoms in total. The van der Waals surface area contributed by atoms with Gasteiger partial charge >= 0.3 is 0 Å². The van der Waals surface area contributed by atoms with Crippen molar-refractivity contribution in [2.75, 3.05) is 26.7 Å². The summed E-state index contributed by atoms with van der Waals surface area (Å²) in [5, 5.41) is 15.9. The molecule has 1 aliphatic carbocycles. The molecule has 0 unspecified atom stereocenters. The first-order valence-corrected chi connectivity index (χ1v) is 13.1. The van der Waals surface area contributed by atoms with Crippen LogP contribution in [0.15, 0.2) is 79.3 Å². The summed E-state index contributed by atoms with van der Waals surface area (Å²) in [5.74, 6) is -0.389. The lowest BCUT2D eigenvalue weighted by Gasteiger charge is -2.14. The molecule has 0 aliphatic heterocycles. The average Bonchev–Trinajstić information content (AvgIpc) is 3.60. The van der Waals surface area contributed by atoms with Crippen molar-refractivity contribution in [1.29, 1.82) is 0 Å². The number of pyridine rings is 1. The Morgan fingerprint density at radius 3 is 2.41 bits per heavy atom. The van der Waals surface area contributed by atoms with Crippen LogP contribution in [-0.2, 0) is 16.1 Å². The van der Waals surface area contributed by atoms with Gasteiger partial charge in [0.1, 0.15) is 5.69 Å². The second kappa shape index (κ2) is 10.4. The first kappa shape index (κ1) is 24.9. The fourth-order valence-electron chi connectivity index (χ4n) is 5.48. The van der Waals surface area contributed by atoms with Gasteiger partial charge in [-0.25, -0.2) is 0 Å². The van der Waals surface area contributed by atoms with E-state index in [1.54, 1.807) is 12.4 Å². The van der Waals surface area contributed by atoms with E-state index in [-0.39, 0.29) is 24.6 Å². The lowest BCUT2D eigenvalue weighted by Crippen LogP contribution is -2.24. The van der Waals surface area contributed by atoms with Gasteiger partial charge < -0.3 is 14.6 Å². The van der Waals surface area contributed by atoms with E-state index in [1.807, 2.05) is 83.2 Å². The molecule has 0 saturated heterocycles. The van der Waals surface area contributed by atoms with Crippen molar-refractivity contribution in [3.8, 4) is 5.69 Å². The summed E-state index contributed by atoms with van der Waals surface area (Å²) < 4.78 is 3.94. The van der Waals surface area contributed by atoms with Crippen LogP contribution in [0.4, 0.5) is 0 Å². The number of nitrogens with zero attached hydrogens (tertiary/aromatic N) is 5. The number of benzene rings is 2. The highest BCUT2D eigenvalue weighted by Crippen LogP contribution is 2.41. The zero-order valence-corrected chi connectivity index (χ0v) is 21.7. The molecule has 5 aromatic rings. The van der Waals surface area contributed by atoms with E-state index in [0.717, 1.165) is 46.0 Å². The minimum Gasteiger partial charge on any atom is -0.395 e. The van der Waals surface area contributed by atoms with Gasteiger partial charge in [0.05, 0.1) is 41.5 Å². The van der Waals surface area contributed by atoms with Gasteiger partial charge in [-0.2, -0.15) is 5.10 Å². The van der Waals surface area contributed by atoms with Crippen molar-refractivity contribution in [2.24, 2.45) is 0 Å². The highest BCUT2D eigenvalue weighted by molar-refractivity contribution is 6.52. The number of ketones is 2.